The molecule has 0 bridgehead atoms. The maximum absolute atomic E-state index is 12.6. The highest BCUT2D eigenvalue weighted by molar-refractivity contribution is 6.17. The zero-order chi connectivity index (χ0) is 13.7. The molecule has 1 aromatic rings. The minimum atomic E-state index is 0.0383. The molecular formula is C14H19ClN2O2. The lowest BCUT2D eigenvalue weighted by atomic mass is 10.1. The zero-order valence-electron chi connectivity index (χ0n) is 11.1. The molecule has 4 nitrogen and oxygen atoms in total. The summed E-state index contributed by atoms with van der Waals surface area (Å²) in [6, 6.07) is 2.03. The van der Waals surface area contributed by atoms with Gasteiger partial charge in [0.15, 0.2) is 0 Å². The lowest BCUT2D eigenvalue weighted by Crippen LogP contribution is -2.35. The second-order valence-electron chi connectivity index (χ2n) is 4.70. The Balaban J connectivity index is 2.13. The molecule has 0 N–H and O–H groups in total. The van der Waals surface area contributed by atoms with Crippen molar-refractivity contribution in [1.29, 1.82) is 0 Å². The normalized spacial score (nSPS) is 18.6. The Morgan fingerprint density at radius 3 is 3.21 bits per heavy atom. The van der Waals surface area contributed by atoms with Crippen molar-refractivity contribution in [2.24, 2.45) is 0 Å². The van der Waals surface area contributed by atoms with Crippen LogP contribution in [0.25, 0.3) is 0 Å². The average molecular weight is 283 g/mol. The molecule has 1 atom stereocenters. The number of alkyl halides is 1. The monoisotopic (exact) mass is 282 g/mol. The molecule has 19 heavy (non-hydrogen) atoms. The van der Waals surface area contributed by atoms with Gasteiger partial charge in [0.05, 0.1) is 18.9 Å². The summed E-state index contributed by atoms with van der Waals surface area (Å²) < 4.78 is 5.21. The molecule has 1 unspecified atom stereocenters. The van der Waals surface area contributed by atoms with Gasteiger partial charge in [-0.15, -0.1) is 11.6 Å². The van der Waals surface area contributed by atoms with E-state index in [2.05, 4.69) is 4.98 Å². The van der Waals surface area contributed by atoms with Gasteiger partial charge in [0, 0.05) is 24.7 Å². The van der Waals surface area contributed by atoms with Crippen LogP contribution < -0.4 is 4.74 Å². The van der Waals surface area contributed by atoms with Crippen molar-refractivity contribution in [1.82, 2.24) is 9.88 Å². The van der Waals surface area contributed by atoms with E-state index in [1.165, 1.54) is 0 Å². The molecule has 1 amide bonds. The molecule has 0 saturated carbocycles. The number of aromatic nitrogens is 1. The number of carbonyl (C=O) groups excluding carboxylic acids is 1. The standard InChI is InChI=1S/C14H19ClN2O2/c1-19-13-10-16-8-6-12(13)14(18)17-9-3-5-11(17)4-2-7-15/h6,8,10-11H,2-5,7,9H2,1H3. The van der Waals surface area contributed by atoms with Crippen LogP contribution in [0, 0.1) is 0 Å². The van der Waals surface area contributed by atoms with E-state index in [0.717, 1.165) is 32.2 Å². The molecule has 0 spiro atoms. The summed E-state index contributed by atoms with van der Waals surface area (Å²) in [6.07, 6.45) is 7.25. The highest BCUT2D eigenvalue weighted by Crippen LogP contribution is 2.26. The van der Waals surface area contributed by atoms with Gasteiger partial charge in [0.1, 0.15) is 5.75 Å². The first kappa shape index (κ1) is 14.1. The molecule has 1 fully saturated rings. The van der Waals surface area contributed by atoms with Crippen molar-refractivity contribution in [2.45, 2.75) is 31.7 Å². The Labute approximate surface area is 118 Å². The van der Waals surface area contributed by atoms with E-state index in [4.69, 9.17) is 16.3 Å². The molecule has 5 heteroatoms. The summed E-state index contributed by atoms with van der Waals surface area (Å²) in [6.45, 7) is 0.817. The second-order valence-corrected chi connectivity index (χ2v) is 5.08. The molecule has 1 aliphatic heterocycles. The molecule has 1 aromatic heterocycles. The maximum Gasteiger partial charge on any atom is 0.257 e. The zero-order valence-corrected chi connectivity index (χ0v) is 11.9. The first-order valence-corrected chi connectivity index (χ1v) is 7.16. The van der Waals surface area contributed by atoms with Crippen LogP contribution in [0.1, 0.15) is 36.0 Å². The van der Waals surface area contributed by atoms with Gasteiger partial charge in [-0.05, 0) is 31.7 Å². The Hall–Kier alpha value is -1.29. The molecule has 0 aromatic carbocycles. The Morgan fingerprint density at radius 2 is 2.47 bits per heavy atom. The van der Waals surface area contributed by atoms with Gasteiger partial charge in [-0.3, -0.25) is 9.78 Å². The first-order chi connectivity index (χ1) is 9.27. The third-order valence-corrected chi connectivity index (χ3v) is 3.81. The molecule has 2 heterocycles. The number of methoxy groups -OCH3 is 1. The molecule has 104 valence electrons. The van der Waals surface area contributed by atoms with Crippen molar-refractivity contribution >= 4 is 17.5 Å². The van der Waals surface area contributed by atoms with Gasteiger partial charge in [-0.25, -0.2) is 0 Å². The molecule has 1 saturated heterocycles. The van der Waals surface area contributed by atoms with Gasteiger partial charge in [-0.1, -0.05) is 0 Å². The van der Waals surface area contributed by atoms with Gasteiger partial charge in [0.25, 0.3) is 5.91 Å². The van der Waals surface area contributed by atoms with E-state index in [1.54, 1.807) is 25.6 Å². The first-order valence-electron chi connectivity index (χ1n) is 6.63. The summed E-state index contributed by atoms with van der Waals surface area (Å²) >= 11 is 5.74. The molecular weight excluding hydrogens is 264 g/mol. The van der Waals surface area contributed by atoms with E-state index in [-0.39, 0.29) is 5.91 Å². The number of likely N-dealkylation sites (tertiary alicyclic amines) is 1. The van der Waals surface area contributed by atoms with Crippen molar-refractivity contribution in [3.05, 3.63) is 24.0 Å². The number of nitrogens with zero attached hydrogens (tertiary/aromatic N) is 2. The van der Waals surface area contributed by atoms with Crippen LogP contribution in [0.15, 0.2) is 18.5 Å². The minimum absolute atomic E-state index is 0.0383. The Morgan fingerprint density at radius 1 is 1.63 bits per heavy atom. The number of ether oxygens (including phenoxy) is 1. The topological polar surface area (TPSA) is 42.4 Å². The smallest absolute Gasteiger partial charge is 0.257 e. The van der Waals surface area contributed by atoms with Gasteiger partial charge < -0.3 is 9.64 Å². The van der Waals surface area contributed by atoms with Gasteiger partial charge in [0.2, 0.25) is 0 Å². The van der Waals surface area contributed by atoms with Crippen LogP contribution in [-0.2, 0) is 0 Å². The van der Waals surface area contributed by atoms with E-state index in [0.29, 0.717) is 23.2 Å². The highest BCUT2D eigenvalue weighted by Gasteiger charge is 2.30. The third kappa shape index (κ3) is 3.18. The van der Waals surface area contributed by atoms with Crippen LogP contribution in [-0.4, -0.2) is 41.4 Å². The largest absolute Gasteiger partial charge is 0.494 e. The quantitative estimate of drug-likeness (QED) is 0.780. The van der Waals surface area contributed by atoms with Crippen LogP contribution in [0.5, 0.6) is 5.75 Å². The summed E-state index contributed by atoms with van der Waals surface area (Å²) in [4.78, 5) is 18.5. The lowest BCUT2D eigenvalue weighted by Gasteiger charge is -2.25. The Kier molecular flexibility index (Phi) is 5.02. The number of carbonyl (C=O) groups is 1. The number of hydrogen-bond acceptors (Lipinski definition) is 3. The fourth-order valence-electron chi connectivity index (χ4n) is 2.59. The van der Waals surface area contributed by atoms with Crippen LogP contribution >= 0.6 is 11.6 Å². The maximum atomic E-state index is 12.6. The fraction of sp³-hybridized carbons (Fsp3) is 0.571. The number of amides is 1. The van der Waals surface area contributed by atoms with Crippen molar-refractivity contribution in [2.75, 3.05) is 19.5 Å². The van der Waals surface area contributed by atoms with E-state index in [1.807, 2.05) is 4.90 Å². The predicted octanol–water partition coefficient (Wildman–Crippen LogP) is 2.71. The van der Waals surface area contributed by atoms with Gasteiger partial charge >= 0.3 is 0 Å². The molecule has 1 aliphatic rings. The second kappa shape index (κ2) is 6.75. The van der Waals surface area contributed by atoms with Crippen LogP contribution in [0.4, 0.5) is 0 Å². The van der Waals surface area contributed by atoms with Crippen LogP contribution in [0.3, 0.4) is 0 Å². The van der Waals surface area contributed by atoms with Crippen LogP contribution in [0.2, 0.25) is 0 Å². The summed E-state index contributed by atoms with van der Waals surface area (Å²) in [5, 5.41) is 0. The molecule has 0 radical (unpaired) electrons. The van der Waals surface area contributed by atoms with Crippen molar-refractivity contribution in [3.8, 4) is 5.75 Å². The van der Waals surface area contributed by atoms with Crippen molar-refractivity contribution in [3.63, 3.8) is 0 Å². The van der Waals surface area contributed by atoms with E-state index < -0.39 is 0 Å². The lowest BCUT2D eigenvalue weighted by molar-refractivity contribution is 0.0726. The molecule has 0 aliphatic carbocycles. The van der Waals surface area contributed by atoms with Crippen molar-refractivity contribution < 1.29 is 9.53 Å². The summed E-state index contributed by atoms with van der Waals surface area (Å²) in [5.74, 6) is 1.23. The van der Waals surface area contributed by atoms with E-state index >= 15 is 0 Å². The SMILES string of the molecule is COc1cnccc1C(=O)N1CCCC1CCCCl. The van der Waals surface area contributed by atoms with E-state index in [9.17, 15) is 4.79 Å². The number of halogens is 1. The average Bonchev–Trinajstić information content (AvgIpc) is 2.92. The number of rotatable bonds is 5. The number of hydrogen-bond donors (Lipinski definition) is 0. The fourth-order valence-corrected chi connectivity index (χ4v) is 2.74. The Bertz CT molecular complexity index is 439. The minimum Gasteiger partial charge on any atom is -0.494 e. The number of pyridine rings is 1. The predicted molar refractivity (Wildman–Crippen MR) is 74.8 cm³/mol. The van der Waals surface area contributed by atoms with Gasteiger partial charge in [-0.2, -0.15) is 0 Å². The summed E-state index contributed by atoms with van der Waals surface area (Å²) in [7, 11) is 1.56. The molecule has 2 rings (SSSR count). The highest BCUT2D eigenvalue weighted by atomic mass is 35.5. The summed E-state index contributed by atoms with van der Waals surface area (Å²) in [5.41, 5.74) is 0.593. The third-order valence-electron chi connectivity index (χ3n) is 3.54.